The van der Waals surface area contributed by atoms with Crippen LogP contribution >= 0.6 is 27.7 Å². The number of para-hydroxylation sites is 1. The SMILES string of the molecule is CCOc1cc(C(=O)NCc2nnc(SCc3ccc(Br)cc3)n2-c2ccccc2)cc(OCC)c1OCC. The molecule has 0 saturated heterocycles. The monoisotopic (exact) mass is 610 g/mol. The van der Waals surface area contributed by atoms with Crippen molar-refractivity contribution in [3.63, 3.8) is 0 Å². The molecule has 1 heterocycles. The normalized spacial score (nSPS) is 10.8. The molecule has 1 aromatic heterocycles. The molecule has 204 valence electrons. The Morgan fingerprint density at radius 3 is 2.15 bits per heavy atom. The van der Waals surface area contributed by atoms with Crippen LogP contribution in [0.4, 0.5) is 0 Å². The van der Waals surface area contributed by atoms with E-state index in [9.17, 15) is 4.79 Å². The van der Waals surface area contributed by atoms with Crippen molar-refractivity contribution in [1.82, 2.24) is 20.1 Å². The highest BCUT2D eigenvalue weighted by molar-refractivity contribution is 9.10. The van der Waals surface area contributed by atoms with Gasteiger partial charge < -0.3 is 19.5 Å². The highest BCUT2D eigenvalue weighted by atomic mass is 79.9. The van der Waals surface area contributed by atoms with Crippen molar-refractivity contribution in [2.24, 2.45) is 0 Å². The van der Waals surface area contributed by atoms with Crippen LogP contribution in [0.5, 0.6) is 17.2 Å². The molecule has 8 nitrogen and oxygen atoms in total. The van der Waals surface area contributed by atoms with Gasteiger partial charge in [0.2, 0.25) is 5.75 Å². The van der Waals surface area contributed by atoms with Gasteiger partial charge in [0, 0.05) is 21.5 Å². The lowest BCUT2D eigenvalue weighted by Gasteiger charge is -2.17. The molecule has 4 aromatic rings. The molecule has 0 aliphatic heterocycles. The van der Waals surface area contributed by atoms with Crippen LogP contribution in [0.3, 0.4) is 0 Å². The third-order valence-electron chi connectivity index (χ3n) is 5.57. The Labute approximate surface area is 241 Å². The minimum atomic E-state index is -0.286. The number of benzene rings is 3. The number of halogens is 1. The van der Waals surface area contributed by atoms with Crippen LogP contribution in [0.2, 0.25) is 0 Å². The summed E-state index contributed by atoms with van der Waals surface area (Å²) in [5.74, 6) is 2.50. The number of carbonyl (C=O) groups is 1. The van der Waals surface area contributed by atoms with Gasteiger partial charge in [-0.05, 0) is 62.7 Å². The smallest absolute Gasteiger partial charge is 0.251 e. The molecule has 4 rings (SSSR count). The van der Waals surface area contributed by atoms with Gasteiger partial charge in [-0.15, -0.1) is 10.2 Å². The number of aromatic nitrogens is 3. The number of ether oxygens (including phenoxy) is 3. The third kappa shape index (κ3) is 7.33. The lowest BCUT2D eigenvalue weighted by molar-refractivity contribution is 0.0948. The van der Waals surface area contributed by atoms with Gasteiger partial charge >= 0.3 is 0 Å². The van der Waals surface area contributed by atoms with Gasteiger partial charge in [-0.25, -0.2) is 0 Å². The highest BCUT2D eigenvalue weighted by Gasteiger charge is 2.20. The molecule has 0 aliphatic carbocycles. The fourth-order valence-corrected chi connectivity index (χ4v) is 5.05. The summed E-state index contributed by atoms with van der Waals surface area (Å²) < 4.78 is 20.3. The third-order valence-corrected chi connectivity index (χ3v) is 7.10. The van der Waals surface area contributed by atoms with Crippen LogP contribution in [0.25, 0.3) is 5.69 Å². The zero-order valence-corrected chi connectivity index (χ0v) is 24.5. The highest BCUT2D eigenvalue weighted by Crippen LogP contribution is 2.39. The van der Waals surface area contributed by atoms with E-state index in [0.717, 1.165) is 21.1 Å². The van der Waals surface area contributed by atoms with Crippen molar-refractivity contribution in [2.75, 3.05) is 19.8 Å². The van der Waals surface area contributed by atoms with Gasteiger partial charge in [0.05, 0.1) is 26.4 Å². The first-order valence-corrected chi connectivity index (χ1v) is 14.5. The maximum atomic E-state index is 13.3. The van der Waals surface area contributed by atoms with Crippen molar-refractivity contribution in [3.05, 3.63) is 88.2 Å². The molecule has 1 N–H and O–H groups in total. The molecule has 0 fully saturated rings. The van der Waals surface area contributed by atoms with E-state index in [-0.39, 0.29) is 12.5 Å². The van der Waals surface area contributed by atoms with E-state index in [1.807, 2.05) is 67.8 Å². The summed E-state index contributed by atoms with van der Waals surface area (Å²) in [5.41, 5.74) is 2.50. The number of nitrogens with zero attached hydrogens (tertiary/aromatic N) is 3. The predicted molar refractivity (Wildman–Crippen MR) is 156 cm³/mol. The number of nitrogens with one attached hydrogen (secondary N) is 1. The summed E-state index contributed by atoms with van der Waals surface area (Å²) in [6.45, 7) is 7.14. The largest absolute Gasteiger partial charge is 0.490 e. The molecular formula is C29H31BrN4O4S. The van der Waals surface area contributed by atoms with Crippen molar-refractivity contribution < 1.29 is 19.0 Å². The maximum absolute atomic E-state index is 13.3. The number of rotatable bonds is 13. The average molecular weight is 612 g/mol. The molecule has 0 spiro atoms. The molecule has 39 heavy (non-hydrogen) atoms. The van der Waals surface area contributed by atoms with E-state index in [0.29, 0.717) is 48.5 Å². The summed E-state index contributed by atoms with van der Waals surface area (Å²) in [5, 5.41) is 12.6. The number of amides is 1. The molecule has 0 unspecified atom stereocenters. The Hall–Kier alpha value is -3.50. The van der Waals surface area contributed by atoms with E-state index in [2.05, 4.69) is 43.6 Å². The molecule has 0 atom stereocenters. The predicted octanol–water partition coefficient (Wildman–Crippen LogP) is 6.45. The second-order valence-electron chi connectivity index (χ2n) is 8.27. The Balaban J connectivity index is 1.57. The number of carbonyl (C=O) groups excluding carboxylic acids is 1. The first kappa shape index (κ1) is 28.5. The van der Waals surface area contributed by atoms with Crippen molar-refractivity contribution in [1.29, 1.82) is 0 Å². The molecule has 10 heteroatoms. The summed E-state index contributed by atoms with van der Waals surface area (Å²) in [4.78, 5) is 13.3. The van der Waals surface area contributed by atoms with Gasteiger partial charge in [-0.2, -0.15) is 0 Å². The minimum Gasteiger partial charge on any atom is -0.490 e. The second kappa shape index (κ2) is 14.0. The maximum Gasteiger partial charge on any atom is 0.251 e. The summed E-state index contributed by atoms with van der Waals surface area (Å²) in [6.07, 6.45) is 0. The van der Waals surface area contributed by atoms with E-state index in [4.69, 9.17) is 14.2 Å². The first-order valence-electron chi connectivity index (χ1n) is 12.8. The molecular weight excluding hydrogens is 580 g/mol. The lowest BCUT2D eigenvalue weighted by atomic mass is 10.1. The van der Waals surface area contributed by atoms with E-state index in [1.54, 1.807) is 23.9 Å². The molecule has 0 radical (unpaired) electrons. The van der Waals surface area contributed by atoms with E-state index >= 15 is 0 Å². The molecule has 0 aliphatic rings. The van der Waals surface area contributed by atoms with Crippen molar-refractivity contribution in [2.45, 2.75) is 38.2 Å². The van der Waals surface area contributed by atoms with Crippen LogP contribution < -0.4 is 19.5 Å². The van der Waals surface area contributed by atoms with Crippen molar-refractivity contribution >= 4 is 33.6 Å². The van der Waals surface area contributed by atoms with Crippen LogP contribution in [-0.4, -0.2) is 40.5 Å². The summed E-state index contributed by atoms with van der Waals surface area (Å²) in [7, 11) is 0. The van der Waals surface area contributed by atoms with Crippen molar-refractivity contribution in [3.8, 4) is 22.9 Å². The van der Waals surface area contributed by atoms with E-state index in [1.165, 1.54) is 5.56 Å². The van der Waals surface area contributed by atoms with Gasteiger partial charge in [-0.3, -0.25) is 9.36 Å². The first-order chi connectivity index (χ1) is 19.0. The van der Waals surface area contributed by atoms with Crippen LogP contribution in [0.15, 0.2) is 76.4 Å². The van der Waals surface area contributed by atoms with Gasteiger partial charge in [0.1, 0.15) is 0 Å². The number of hydrogen-bond acceptors (Lipinski definition) is 7. The Morgan fingerprint density at radius 2 is 1.54 bits per heavy atom. The molecule has 0 bridgehead atoms. The quantitative estimate of drug-likeness (QED) is 0.174. The minimum absolute atomic E-state index is 0.181. The van der Waals surface area contributed by atoms with Gasteiger partial charge in [0.25, 0.3) is 5.91 Å². The number of thioether (sulfide) groups is 1. The van der Waals surface area contributed by atoms with Gasteiger partial charge in [-0.1, -0.05) is 58.0 Å². The zero-order chi connectivity index (χ0) is 27.6. The molecule has 0 saturated carbocycles. The Morgan fingerprint density at radius 1 is 0.897 bits per heavy atom. The summed E-state index contributed by atoms with van der Waals surface area (Å²) >= 11 is 5.07. The van der Waals surface area contributed by atoms with Gasteiger partial charge in [0.15, 0.2) is 22.5 Å². The zero-order valence-electron chi connectivity index (χ0n) is 22.1. The fraction of sp³-hybridized carbons (Fsp3) is 0.276. The lowest BCUT2D eigenvalue weighted by Crippen LogP contribution is -2.25. The standard InChI is InChI=1S/C29H31BrN4O4S/c1-4-36-24-16-21(17-25(37-5-2)27(24)38-6-3)28(35)31-18-26-32-33-29(34(26)23-10-8-7-9-11-23)39-19-20-12-14-22(30)15-13-20/h7-17H,4-6,18-19H2,1-3H3,(H,31,35). The Kier molecular flexibility index (Phi) is 10.3. The van der Waals surface area contributed by atoms with Crippen LogP contribution in [0.1, 0.15) is 42.5 Å². The second-order valence-corrected chi connectivity index (χ2v) is 10.1. The van der Waals surface area contributed by atoms with Crippen LogP contribution in [0, 0.1) is 0 Å². The molecule has 1 amide bonds. The summed E-state index contributed by atoms with van der Waals surface area (Å²) in [6, 6.07) is 21.4. The fourth-order valence-electron chi connectivity index (χ4n) is 3.85. The topological polar surface area (TPSA) is 87.5 Å². The average Bonchev–Trinajstić information content (AvgIpc) is 3.36. The number of hydrogen-bond donors (Lipinski definition) is 1. The van der Waals surface area contributed by atoms with Crippen LogP contribution in [-0.2, 0) is 12.3 Å². The van der Waals surface area contributed by atoms with E-state index < -0.39 is 0 Å². The Bertz CT molecular complexity index is 1350. The molecule has 3 aromatic carbocycles.